The molecule has 2 heteroatoms. The van der Waals surface area contributed by atoms with Crippen LogP contribution in [0.15, 0.2) is 0 Å². The topological polar surface area (TPSA) is 26.3 Å². The number of hydrogen-bond donors (Lipinski definition) is 0. The van der Waals surface area contributed by atoms with Crippen molar-refractivity contribution < 1.29 is 9.53 Å². The SMILES string of the molecule is CC(C)C(C)(C)OC(=O)C1(C(C)C)CC1(C)C. The van der Waals surface area contributed by atoms with Crippen LogP contribution in [-0.2, 0) is 9.53 Å². The van der Waals surface area contributed by atoms with E-state index in [0.29, 0.717) is 11.8 Å². The number of esters is 1. The number of carbonyl (C=O) groups excluding carboxylic acids is 1. The molecule has 0 aliphatic heterocycles. The smallest absolute Gasteiger partial charge is 0.313 e. The molecule has 0 amide bonds. The molecule has 100 valence electrons. The van der Waals surface area contributed by atoms with Crippen LogP contribution in [0.4, 0.5) is 0 Å². The van der Waals surface area contributed by atoms with Crippen molar-refractivity contribution in [3.63, 3.8) is 0 Å². The maximum atomic E-state index is 12.5. The molecular weight excluding hydrogens is 212 g/mol. The second-order valence-corrected chi connectivity index (χ2v) is 7.33. The van der Waals surface area contributed by atoms with Crippen molar-refractivity contribution in [1.82, 2.24) is 0 Å². The Morgan fingerprint density at radius 3 is 1.82 bits per heavy atom. The van der Waals surface area contributed by atoms with Crippen LogP contribution < -0.4 is 0 Å². The molecular formula is C15H28O2. The summed E-state index contributed by atoms with van der Waals surface area (Å²) in [7, 11) is 0. The van der Waals surface area contributed by atoms with Crippen LogP contribution in [0, 0.1) is 22.7 Å². The number of carbonyl (C=O) groups is 1. The van der Waals surface area contributed by atoms with Crippen molar-refractivity contribution >= 4 is 5.97 Å². The van der Waals surface area contributed by atoms with E-state index < -0.39 is 0 Å². The first-order chi connectivity index (χ1) is 7.47. The van der Waals surface area contributed by atoms with E-state index in [9.17, 15) is 4.79 Å². The van der Waals surface area contributed by atoms with Crippen LogP contribution in [0.25, 0.3) is 0 Å². The summed E-state index contributed by atoms with van der Waals surface area (Å²) in [5, 5.41) is 0. The molecule has 1 aliphatic carbocycles. The van der Waals surface area contributed by atoms with E-state index in [4.69, 9.17) is 4.74 Å². The average molecular weight is 240 g/mol. The first-order valence-corrected chi connectivity index (χ1v) is 6.71. The first-order valence-electron chi connectivity index (χ1n) is 6.71. The lowest BCUT2D eigenvalue weighted by molar-refractivity contribution is -0.171. The van der Waals surface area contributed by atoms with Gasteiger partial charge in [-0.1, -0.05) is 41.5 Å². The lowest BCUT2D eigenvalue weighted by Gasteiger charge is -2.33. The molecule has 0 aromatic carbocycles. The van der Waals surface area contributed by atoms with Gasteiger partial charge in [0.2, 0.25) is 0 Å². The number of ether oxygens (including phenoxy) is 1. The van der Waals surface area contributed by atoms with Gasteiger partial charge in [-0.3, -0.25) is 4.79 Å². The fourth-order valence-corrected chi connectivity index (χ4v) is 2.67. The second-order valence-electron chi connectivity index (χ2n) is 7.33. The van der Waals surface area contributed by atoms with E-state index in [0.717, 1.165) is 6.42 Å². The van der Waals surface area contributed by atoms with Gasteiger partial charge in [0, 0.05) is 0 Å². The van der Waals surface area contributed by atoms with E-state index in [2.05, 4.69) is 41.5 Å². The molecule has 0 radical (unpaired) electrons. The number of rotatable bonds is 4. The van der Waals surface area contributed by atoms with Gasteiger partial charge in [0.25, 0.3) is 0 Å². The second kappa shape index (κ2) is 4.00. The Kier molecular flexibility index (Phi) is 3.42. The lowest BCUT2D eigenvalue weighted by atomic mass is 9.84. The van der Waals surface area contributed by atoms with Gasteiger partial charge in [0.1, 0.15) is 5.60 Å². The Labute approximate surface area is 106 Å². The highest BCUT2D eigenvalue weighted by Crippen LogP contribution is 2.68. The summed E-state index contributed by atoms with van der Waals surface area (Å²) in [5.41, 5.74) is -0.553. The Hall–Kier alpha value is -0.530. The highest BCUT2D eigenvalue weighted by atomic mass is 16.6. The van der Waals surface area contributed by atoms with Crippen molar-refractivity contribution in [3.8, 4) is 0 Å². The molecule has 0 bridgehead atoms. The molecule has 0 N–H and O–H groups in total. The zero-order chi connectivity index (χ0) is 13.6. The molecule has 2 nitrogen and oxygen atoms in total. The van der Waals surface area contributed by atoms with Gasteiger partial charge in [0.15, 0.2) is 0 Å². The van der Waals surface area contributed by atoms with Crippen LogP contribution in [0.3, 0.4) is 0 Å². The largest absolute Gasteiger partial charge is 0.459 e. The maximum Gasteiger partial charge on any atom is 0.313 e. The normalized spacial score (nSPS) is 27.4. The first kappa shape index (κ1) is 14.5. The van der Waals surface area contributed by atoms with Gasteiger partial charge in [0.05, 0.1) is 5.41 Å². The molecule has 1 fully saturated rings. The van der Waals surface area contributed by atoms with Crippen LogP contribution in [0.2, 0.25) is 0 Å². The number of hydrogen-bond acceptors (Lipinski definition) is 2. The molecule has 0 aromatic rings. The summed E-state index contributed by atoms with van der Waals surface area (Å²) in [6.07, 6.45) is 0.949. The summed E-state index contributed by atoms with van der Waals surface area (Å²) in [5.74, 6) is 0.668. The summed E-state index contributed by atoms with van der Waals surface area (Å²) in [6.45, 7) is 16.8. The Balaban J connectivity index is 2.85. The molecule has 1 aliphatic rings. The quantitative estimate of drug-likeness (QED) is 0.693. The fraction of sp³-hybridized carbons (Fsp3) is 0.933. The Bertz CT molecular complexity index is 313. The summed E-state index contributed by atoms with van der Waals surface area (Å²) < 4.78 is 5.78. The highest BCUT2D eigenvalue weighted by Gasteiger charge is 2.69. The fourth-order valence-electron chi connectivity index (χ4n) is 2.67. The molecule has 0 aromatic heterocycles. The van der Waals surface area contributed by atoms with Crippen LogP contribution >= 0.6 is 0 Å². The van der Waals surface area contributed by atoms with E-state index in [1.165, 1.54) is 0 Å². The highest BCUT2D eigenvalue weighted by molar-refractivity contribution is 5.82. The Morgan fingerprint density at radius 2 is 1.59 bits per heavy atom. The molecule has 0 heterocycles. The summed E-state index contributed by atoms with van der Waals surface area (Å²) in [4.78, 5) is 12.5. The zero-order valence-corrected chi connectivity index (χ0v) is 12.7. The monoisotopic (exact) mass is 240 g/mol. The van der Waals surface area contributed by atoms with Crippen molar-refractivity contribution in [1.29, 1.82) is 0 Å². The van der Waals surface area contributed by atoms with Crippen LogP contribution in [-0.4, -0.2) is 11.6 Å². The molecule has 0 spiro atoms. The third-order valence-electron chi connectivity index (χ3n) is 4.90. The molecule has 0 saturated heterocycles. The van der Waals surface area contributed by atoms with Gasteiger partial charge >= 0.3 is 5.97 Å². The van der Waals surface area contributed by atoms with Crippen molar-refractivity contribution in [2.24, 2.45) is 22.7 Å². The van der Waals surface area contributed by atoms with E-state index in [1.54, 1.807) is 0 Å². The minimum atomic E-state index is -0.377. The molecule has 17 heavy (non-hydrogen) atoms. The predicted octanol–water partition coefficient (Wildman–Crippen LogP) is 4.04. The molecule has 1 unspecified atom stereocenters. The predicted molar refractivity (Wildman–Crippen MR) is 70.7 cm³/mol. The average Bonchev–Trinajstić information content (AvgIpc) is 2.69. The summed E-state index contributed by atoms with van der Waals surface area (Å²) >= 11 is 0. The van der Waals surface area contributed by atoms with E-state index in [-0.39, 0.29) is 22.4 Å². The van der Waals surface area contributed by atoms with Crippen molar-refractivity contribution in [2.75, 3.05) is 0 Å². The van der Waals surface area contributed by atoms with Crippen LogP contribution in [0.5, 0.6) is 0 Å². The summed E-state index contributed by atoms with van der Waals surface area (Å²) in [6, 6.07) is 0. The van der Waals surface area contributed by atoms with Gasteiger partial charge in [-0.2, -0.15) is 0 Å². The Morgan fingerprint density at radius 1 is 1.18 bits per heavy atom. The molecule has 1 atom stereocenters. The van der Waals surface area contributed by atoms with Gasteiger partial charge in [-0.15, -0.1) is 0 Å². The molecule has 1 saturated carbocycles. The van der Waals surface area contributed by atoms with Crippen molar-refractivity contribution in [2.45, 2.75) is 67.4 Å². The molecule has 1 rings (SSSR count). The maximum absolute atomic E-state index is 12.5. The van der Waals surface area contributed by atoms with Crippen LogP contribution in [0.1, 0.15) is 61.8 Å². The van der Waals surface area contributed by atoms with Crippen molar-refractivity contribution in [3.05, 3.63) is 0 Å². The third-order valence-corrected chi connectivity index (χ3v) is 4.90. The van der Waals surface area contributed by atoms with Gasteiger partial charge < -0.3 is 4.74 Å². The minimum Gasteiger partial charge on any atom is -0.459 e. The van der Waals surface area contributed by atoms with Gasteiger partial charge in [-0.05, 0) is 37.5 Å². The van der Waals surface area contributed by atoms with E-state index in [1.807, 2.05) is 13.8 Å². The van der Waals surface area contributed by atoms with E-state index >= 15 is 0 Å². The van der Waals surface area contributed by atoms with Gasteiger partial charge in [-0.25, -0.2) is 0 Å². The lowest BCUT2D eigenvalue weighted by Crippen LogP contribution is -2.39. The minimum absolute atomic E-state index is 0.00352. The zero-order valence-electron chi connectivity index (χ0n) is 12.7. The standard InChI is InChI=1S/C15H28O2/c1-10(2)14(7,8)17-12(16)15(11(3)4)9-13(15,5)6/h10-11H,9H2,1-8H3. The third kappa shape index (κ3) is 2.23.